The summed E-state index contributed by atoms with van der Waals surface area (Å²) in [5, 5.41) is 4.72. The second-order valence-electron chi connectivity index (χ2n) is 6.03. The second-order valence-corrected chi connectivity index (χ2v) is 8.11. The number of ketones is 1. The van der Waals surface area contributed by atoms with E-state index in [1.165, 1.54) is 47.4 Å². The summed E-state index contributed by atoms with van der Waals surface area (Å²) in [7, 11) is 0. The number of carbonyl (C=O) groups excluding carboxylic acids is 2. The van der Waals surface area contributed by atoms with Crippen molar-refractivity contribution in [3.8, 4) is 0 Å². The van der Waals surface area contributed by atoms with Gasteiger partial charge in [-0.1, -0.05) is 25.6 Å². The second kappa shape index (κ2) is 9.68. The maximum atomic E-state index is 12.9. The molecule has 7 heteroatoms. The van der Waals surface area contributed by atoms with Crippen LogP contribution >= 0.6 is 23.1 Å². The lowest BCUT2D eigenvalue weighted by Crippen LogP contribution is -2.26. The van der Waals surface area contributed by atoms with Crippen LogP contribution in [0.15, 0.2) is 34.0 Å². The quantitative estimate of drug-likeness (QED) is 0.528. The standard InChI is InChI=1S/C18H21FN2O2S2/c1-12(2)7-8-20-17(23)9-15-10-24-18(21-15)25-11-16(22)13-3-5-14(19)6-4-13/h3-6,10,12H,7-9,11H2,1-2H3,(H,20,23). The topological polar surface area (TPSA) is 59.1 Å². The molecule has 0 fully saturated rings. The van der Waals surface area contributed by atoms with Gasteiger partial charge in [-0.3, -0.25) is 9.59 Å². The Bertz CT molecular complexity index is 714. The van der Waals surface area contributed by atoms with Crippen molar-refractivity contribution in [1.82, 2.24) is 10.3 Å². The Kier molecular flexibility index (Phi) is 7.58. The average Bonchev–Trinajstić information content (AvgIpc) is 3.00. The molecule has 1 aromatic carbocycles. The van der Waals surface area contributed by atoms with Crippen LogP contribution in [0.2, 0.25) is 0 Å². The van der Waals surface area contributed by atoms with Crippen molar-refractivity contribution in [1.29, 1.82) is 0 Å². The number of thioether (sulfide) groups is 1. The molecule has 2 aromatic rings. The molecule has 0 atom stereocenters. The third-order valence-corrected chi connectivity index (χ3v) is 5.48. The van der Waals surface area contributed by atoms with Gasteiger partial charge in [-0.2, -0.15) is 0 Å². The molecular formula is C18H21FN2O2S2. The third kappa shape index (κ3) is 6.96. The van der Waals surface area contributed by atoms with Crippen LogP contribution in [0.1, 0.15) is 36.3 Å². The highest BCUT2D eigenvalue weighted by Crippen LogP contribution is 2.24. The van der Waals surface area contributed by atoms with Gasteiger partial charge in [0.05, 0.1) is 17.9 Å². The molecule has 134 valence electrons. The van der Waals surface area contributed by atoms with Gasteiger partial charge in [0, 0.05) is 17.5 Å². The van der Waals surface area contributed by atoms with Crippen LogP contribution in [0, 0.1) is 11.7 Å². The first-order chi connectivity index (χ1) is 11.9. The molecule has 0 aliphatic heterocycles. The minimum Gasteiger partial charge on any atom is -0.356 e. The van der Waals surface area contributed by atoms with Crippen LogP contribution in [-0.2, 0) is 11.2 Å². The molecule has 0 radical (unpaired) electrons. The van der Waals surface area contributed by atoms with E-state index >= 15 is 0 Å². The van der Waals surface area contributed by atoms with E-state index in [0.29, 0.717) is 23.7 Å². The molecule has 25 heavy (non-hydrogen) atoms. The first-order valence-electron chi connectivity index (χ1n) is 8.06. The van der Waals surface area contributed by atoms with E-state index in [-0.39, 0.29) is 29.7 Å². The molecule has 0 aliphatic rings. The molecule has 0 saturated carbocycles. The van der Waals surface area contributed by atoms with Crippen LogP contribution < -0.4 is 5.32 Å². The van der Waals surface area contributed by atoms with Gasteiger partial charge in [-0.05, 0) is 36.6 Å². The molecule has 4 nitrogen and oxygen atoms in total. The highest BCUT2D eigenvalue weighted by atomic mass is 32.2. The van der Waals surface area contributed by atoms with Gasteiger partial charge in [-0.15, -0.1) is 11.3 Å². The van der Waals surface area contributed by atoms with E-state index in [0.717, 1.165) is 10.8 Å². The van der Waals surface area contributed by atoms with Crippen molar-refractivity contribution < 1.29 is 14.0 Å². The number of hydrogen-bond acceptors (Lipinski definition) is 5. The third-order valence-electron chi connectivity index (χ3n) is 3.41. The summed E-state index contributed by atoms with van der Waals surface area (Å²) in [6.07, 6.45) is 1.20. The number of nitrogens with zero attached hydrogens (tertiary/aromatic N) is 1. The van der Waals surface area contributed by atoms with Crippen LogP contribution in [0.3, 0.4) is 0 Å². The Balaban J connectivity index is 1.78. The summed E-state index contributed by atoms with van der Waals surface area (Å²) in [6, 6.07) is 5.51. The largest absolute Gasteiger partial charge is 0.356 e. The van der Waals surface area contributed by atoms with Crippen molar-refractivity contribution >= 4 is 34.8 Å². The van der Waals surface area contributed by atoms with Gasteiger partial charge in [0.15, 0.2) is 10.1 Å². The molecule has 0 unspecified atom stereocenters. The van der Waals surface area contributed by atoms with Crippen LogP contribution in [0.5, 0.6) is 0 Å². The van der Waals surface area contributed by atoms with Crippen molar-refractivity contribution in [3.05, 3.63) is 46.7 Å². The number of halogens is 1. The van der Waals surface area contributed by atoms with Crippen LogP contribution in [0.25, 0.3) is 0 Å². The molecule has 1 aromatic heterocycles. The molecule has 0 spiro atoms. The highest BCUT2D eigenvalue weighted by molar-refractivity contribution is 8.01. The molecular weight excluding hydrogens is 359 g/mol. The molecule has 1 heterocycles. The minimum atomic E-state index is -0.361. The monoisotopic (exact) mass is 380 g/mol. The summed E-state index contributed by atoms with van der Waals surface area (Å²) in [5.41, 5.74) is 1.19. The Morgan fingerprint density at radius 1 is 1.28 bits per heavy atom. The number of amides is 1. The van der Waals surface area contributed by atoms with E-state index < -0.39 is 0 Å². The number of nitrogens with one attached hydrogen (secondary N) is 1. The lowest BCUT2D eigenvalue weighted by Gasteiger charge is -2.05. The maximum Gasteiger partial charge on any atom is 0.226 e. The first-order valence-corrected chi connectivity index (χ1v) is 9.93. The van der Waals surface area contributed by atoms with Crippen molar-refractivity contribution in [2.75, 3.05) is 12.3 Å². The Labute approximate surface area is 155 Å². The van der Waals surface area contributed by atoms with E-state index in [4.69, 9.17) is 0 Å². The van der Waals surface area contributed by atoms with E-state index in [2.05, 4.69) is 24.1 Å². The molecule has 0 saturated heterocycles. The predicted molar refractivity (Wildman–Crippen MR) is 99.7 cm³/mol. The zero-order valence-electron chi connectivity index (χ0n) is 14.3. The fourth-order valence-electron chi connectivity index (χ4n) is 2.01. The lowest BCUT2D eigenvalue weighted by atomic mass is 10.1. The number of Topliss-reactive ketones (excluding diaryl/α,β-unsaturated/α-hetero) is 1. The number of benzene rings is 1. The Morgan fingerprint density at radius 3 is 2.68 bits per heavy atom. The molecule has 2 rings (SSSR count). The number of thiazole rings is 1. The van der Waals surface area contributed by atoms with Gasteiger partial charge in [0.2, 0.25) is 5.91 Å². The average molecular weight is 381 g/mol. The predicted octanol–water partition coefficient (Wildman–Crippen LogP) is 3.96. The smallest absolute Gasteiger partial charge is 0.226 e. The fourth-order valence-corrected chi connectivity index (χ4v) is 3.75. The summed E-state index contributed by atoms with van der Waals surface area (Å²) in [5.74, 6) is 0.318. The fraction of sp³-hybridized carbons (Fsp3) is 0.389. The number of hydrogen-bond donors (Lipinski definition) is 1. The zero-order valence-corrected chi connectivity index (χ0v) is 15.9. The number of rotatable bonds is 9. The highest BCUT2D eigenvalue weighted by Gasteiger charge is 2.11. The summed E-state index contributed by atoms with van der Waals surface area (Å²) in [4.78, 5) is 28.3. The van der Waals surface area contributed by atoms with Gasteiger partial charge in [0.1, 0.15) is 5.82 Å². The van der Waals surface area contributed by atoms with Crippen molar-refractivity contribution in [3.63, 3.8) is 0 Å². The molecule has 0 bridgehead atoms. The SMILES string of the molecule is CC(C)CCNC(=O)Cc1csc(SCC(=O)c2ccc(F)cc2)n1. The molecule has 1 amide bonds. The maximum absolute atomic E-state index is 12.9. The Morgan fingerprint density at radius 2 is 2.00 bits per heavy atom. The van der Waals surface area contributed by atoms with E-state index in [1.54, 1.807) is 0 Å². The zero-order chi connectivity index (χ0) is 18.2. The molecule has 1 N–H and O–H groups in total. The van der Waals surface area contributed by atoms with E-state index in [9.17, 15) is 14.0 Å². The summed E-state index contributed by atoms with van der Waals surface area (Å²) in [6.45, 7) is 4.90. The van der Waals surface area contributed by atoms with Crippen molar-refractivity contribution in [2.24, 2.45) is 5.92 Å². The van der Waals surface area contributed by atoms with Crippen molar-refractivity contribution in [2.45, 2.75) is 31.0 Å². The van der Waals surface area contributed by atoms with Gasteiger partial charge in [0.25, 0.3) is 0 Å². The number of carbonyl (C=O) groups is 2. The van der Waals surface area contributed by atoms with Crippen LogP contribution in [-0.4, -0.2) is 29.0 Å². The van der Waals surface area contributed by atoms with Gasteiger partial charge >= 0.3 is 0 Å². The normalized spacial score (nSPS) is 10.9. The minimum absolute atomic E-state index is 0.0371. The van der Waals surface area contributed by atoms with Gasteiger partial charge in [-0.25, -0.2) is 9.37 Å². The van der Waals surface area contributed by atoms with Crippen LogP contribution in [0.4, 0.5) is 4.39 Å². The molecule has 0 aliphatic carbocycles. The van der Waals surface area contributed by atoms with E-state index in [1.807, 2.05) is 5.38 Å². The summed E-state index contributed by atoms with van der Waals surface area (Å²) < 4.78 is 13.6. The lowest BCUT2D eigenvalue weighted by molar-refractivity contribution is -0.120. The first kappa shape index (κ1) is 19.6. The Hall–Kier alpha value is -1.73. The summed E-state index contributed by atoms with van der Waals surface area (Å²) >= 11 is 2.75. The number of aromatic nitrogens is 1. The van der Waals surface area contributed by atoms with Gasteiger partial charge < -0.3 is 5.32 Å².